The molecule has 0 saturated carbocycles. The zero-order chi connectivity index (χ0) is 10.6. The van der Waals surface area contributed by atoms with Crippen LogP contribution < -0.4 is 5.32 Å². The van der Waals surface area contributed by atoms with E-state index in [1.807, 2.05) is 13.0 Å². The number of halogens is 1. The van der Waals surface area contributed by atoms with Gasteiger partial charge in [0.2, 0.25) is 0 Å². The second kappa shape index (κ2) is 5.53. The Morgan fingerprint density at radius 3 is 2.86 bits per heavy atom. The van der Waals surface area contributed by atoms with Crippen molar-refractivity contribution in [3.8, 4) is 0 Å². The minimum absolute atomic E-state index is 0.153. The summed E-state index contributed by atoms with van der Waals surface area (Å²) in [5.41, 5.74) is 0. The van der Waals surface area contributed by atoms with E-state index in [2.05, 4.69) is 5.32 Å². The summed E-state index contributed by atoms with van der Waals surface area (Å²) in [6.07, 6.45) is 1.70. The smallest absolute Gasteiger partial charge is 0.193 e. The molecule has 2 atom stereocenters. The van der Waals surface area contributed by atoms with E-state index in [4.69, 9.17) is 16.0 Å². The fraction of sp³-hybridized carbons (Fsp3) is 0.556. The molecular weight excluding hydrogens is 222 g/mol. The van der Waals surface area contributed by atoms with Crippen molar-refractivity contribution >= 4 is 22.4 Å². The van der Waals surface area contributed by atoms with E-state index in [9.17, 15) is 4.21 Å². The predicted octanol–water partition coefficient (Wildman–Crippen LogP) is 1.79. The standard InChI is InChI=1S/C9H14ClNO2S/c1-7(14(2)12)5-11-6-8-3-4-9(10)13-8/h3-4,7,11H,5-6H2,1-2H3. The number of rotatable bonds is 5. The van der Waals surface area contributed by atoms with E-state index in [0.29, 0.717) is 18.3 Å². The molecule has 0 spiro atoms. The molecular formula is C9H14ClNO2S. The molecule has 0 aromatic carbocycles. The van der Waals surface area contributed by atoms with Gasteiger partial charge in [0, 0.05) is 28.9 Å². The molecule has 0 fully saturated rings. The highest BCUT2D eigenvalue weighted by atomic mass is 35.5. The average Bonchev–Trinajstić information content (AvgIpc) is 2.51. The fourth-order valence-electron chi connectivity index (χ4n) is 0.963. The molecule has 0 bridgehead atoms. The highest BCUT2D eigenvalue weighted by molar-refractivity contribution is 7.84. The fourth-order valence-corrected chi connectivity index (χ4v) is 1.48. The minimum atomic E-state index is -0.782. The predicted molar refractivity (Wildman–Crippen MR) is 59.0 cm³/mol. The molecule has 0 aliphatic heterocycles. The first-order valence-corrected chi connectivity index (χ1v) is 6.36. The third kappa shape index (κ3) is 3.82. The number of hydrogen-bond donors (Lipinski definition) is 1. The maximum Gasteiger partial charge on any atom is 0.193 e. The van der Waals surface area contributed by atoms with Crippen molar-refractivity contribution in [3.63, 3.8) is 0 Å². The second-order valence-electron chi connectivity index (χ2n) is 3.15. The van der Waals surface area contributed by atoms with Crippen molar-refractivity contribution in [1.82, 2.24) is 5.32 Å². The van der Waals surface area contributed by atoms with Gasteiger partial charge in [-0.3, -0.25) is 4.21 Å². The van der Waals surface area contributed by atoms with Crippen LogP contribution in [0.1, 0.15) is 12.7 Å². The van der Waals surface area contributed by atoms with Crippen molar-refractivity contribution in [1.29, 1.82) is 0 Å². The number of furan rings is 1. The summed E-state index contributed by atoms with van der Waals surface area (Å²) in [4.78, 5) is 0. The summed E-state index contributed by atoms with van der Waals surface area (Å²) in [5.74, 6) is 0.795. The van der Waals surface area contributed by atoms with Gasteiger partial charge in [0.25, 0.3) is 0 Å². The minimum Gasteiger partial charge on any atom is -0.448 e. The van der Waals surface area contributed by atoms with Crippen LogP contribution in [0, 0.1) is 0 Å². The van der Waals surface area contributed by atoms with Crippen molar-refractivity contribution in [2.24, 2.45) is 0 Å². The molecule has 0 aliphatic carbocycles. The summed E-state index contributed by atoms with van der Waals surface area (Å²) >= 11 is 5.61. The summed E-state index contributed by atoms with van der Waals surface area (Å²) in [5, 5.41) is 3.70. The molecule has 14 heavy (non-hydrogen) atoms. The third-order valence-electron chi connectivity index (χ3n) is 1.93. The Bertz CT molecular complexity index is 314. The van der Waals surface area contributed by atoms with E-state index in [1.165, 1.54) is 0 Å². The zero-order valence-corrected chi connectivity index (χ0v) is 9.82. The Hall–Kier alpha value is -0.320. The molecule has 80 valence electrons. The molecule has 0 amide bonds. The van der Waals surface area contributed by atoms with Crippen LogP contribution >= 0.6 is 11.6 Å². The van der Waals surface area contributed by atoms with Crippen molar-refractivity contribution in [3.05, 3.63) is 23.1 Å². The Morgan fingerprint density at radius 1 is 1.64 bits per heavy atom. The van der Waals surface area contributed by atoms with Crippen LogP contribution in [-0.2, 0) is 17.3 Å². The maximum absolute atomic E-state index is 11.0. The van der Waals surface area contributed by atoms with Crippen molar-refractivity contribution < 1.29 is 8.63 Å². The summed E-state index contributed by atoms with van der Waals surface area (Å²) < 4.78 is 16.2. The van der Waals surface area contributed by atoms with Crippen LogP contribution in [0.25, 0.3) is 0 Å². The lowest BCUT2D eigenvalue weighted by atomic mass is 10.4. The lowest BCUT2D eigenvalue weighted by Crippen LogP contribution is -2.26. The van der Waals surface area contributed by atoms with Crippen LogP contribution in [0.5, 0.6) is 0 Å². The third-order valence-corrected chi connectivity index (χ3v) is 3.43. The van der Waals surface area contributed by atoms with Crippen LogP contribution in [0.15, 0.2) is 16.5 Å². The maximum atomic E-state index is 11.0. The second-order valence-corrected chi connectivity index (χ2v) is 5.32. The quantitative estimate of drug-likeness (QED) is 0.846. The normalized spacial score (nSPS) is 15.4. The summed E-state index contributed by atoms with van der Waals surface area (Å²) in [6, 6.07) is 3.53. The number of nitrogens with one attached hydrogen (secondary N) is 1. The van der Waals surface area contributed by atoms with Gasteiger partial charge in [-0.25, -0.2) is 0 Å². The zero-order valence-electron chi connectivity index (χ0n) is 8.25. The molecule has 2 unspecified atom stereocenters. The van der Waals surface area contributed by atoms with Crippen LogP contribution in [0.4, 0.5) is 0 Å². The van der Waals surface area contributed by atoms with Gasteiger partial charge < -0.3 is 9.73 Å². The molecule has 1 aromatic rings. The first-order chi connectivity index (χ1) is 6.59. The molecule has 0 radical (unpaired) electrons. The Morgan fingerprint density at radius 2 is 2.36 bits per heavy atom. The highest BCUT2D eigenvalue weighted by Crippen LogP contribution is 2.12. The van der Waals surface area contributed by atoms with Crippen LogP contribution in [0.2, 0.25) is 5.22 Å². The van der Waals surface area contributed by atoms with E-state index >= 15 is 0 Å². The summed E-state index contributed by atoms with van der Waals surface area (Å²) in [7, 11) is -0.782. The van der Waals surface area contributed by atoms with Gasteiger partial charge in [-0.05, 0) is 30.7 Å². The SMILES string of the molecule is CC(CNCc1ccc(Cl)o1)S(C)=O. The monoisotopic (exact) mass is 235 g/mol. The lowest BCUT2D eigenvalue weighted by Gasteiger charge is -2.08. The Labute approximate surface area is 91.3 Å². The summed E-state index contributed by atoms with van der Waals surface area (Å²) in [6.45, 7) is 3.27. The Kier molecular flexibility index (Phi) is 4.65. The molecule has 1 aromatic heterocycles. The largest absolute Gasteiger partial charge is 0.448 e. The lowest BCUT2D eigenvalue weighted by molar-refractivity contribution is 0.485. The van der Waals surface area contributed by atoms with Gasteiger partial charge >= 0.3 is 0 Å². The molecule has 1 heterocycles. The van der Waals surface area contributed by atoms with Gasteiger partial charge in [0.15, 0.2) is 5.22 Å². The van der Waals surface area contributed by atoms with E-state index < -0.39 is 10.8 Å². The van der Waals surface area contributed by atoms with E-state index in [-0.39, 0.29) is 5.25 Å². The molecule has 0 aliphatic rings. The first-order valence-electron chi connectivity index (χ1n) is 4.36. The van der Waals surface area contributed by atoms with Gasteiger partial charge in [0.05, 0.1) is 6.54 Å². The number of hydrogen-bond acceptors (Lipinski definition) is 3. The van der Waals surface area contributed by atoms with Crippen molar-refractivity contribution in [2.75, 3.05) is 12.8 Å². The van der Waals surface area contributed by atoms with Gasteiger partial charge in [-0.1, -0.05) is 0 Å². The topological polar surface area (TPSA) is 42.2 Å². The van der Waals surface area contributed by atoms with E-state index in [1.54, 1.807) is 12.3 Å². The average molecular weight is 236 g/mol. The van der Waals surface area contributed by atoms with Gasteiger partial charge in [0.1, 0.15) is 5.76 Å². The van der Waals surface area contributed by atoms with E-state index in [0.717, 1.165) is 5.76 Å². The first kappa shape index (κ1) is 11.8. The van der Waals surface area contributed by atoms with Crippen molar-refractivity contribution in [2.45, 2.75) is 18.7 Å². The molecule has 3 nitrogen and oxygen atoms in total. The van der Waals surface area contributed by atoms with Crippen LogP contribution in [-0.4, -0.2) is 22.3 Å². The van der Waals surface area contributed by atoms with Gasteiger partial charge in [-0.2, -0.15) is 0 Å². The molecule has 1 N–H and O–H groups in total. The molecule has 5 heteroatoms. The van der Waals surface area contributed by atoms with Gasteiger partial charge in [-0.15, -0.1) is 0 Å². The molecule has 0 saturated heterocycles. The Balaban J connectivity index is 2.25. The van der Waals surface area contributed by atoms with Crippen LogP contribution in [0.3, 0.4) is 0 Å². The highest BCUT2D eigenvalue weighted by Gasteiger charge is 2.05. The molecule has 1 rings (SSSR count).